The first-order chi connectivity index (χ1) is 16.0. The number of hydrogen-bond donors (Lipinski definition) is 3. The summed E-state index contributed by atoms with van der Waals surface area (Å²) < 4.78 is 5.46. The topological polar surface area (TPSA) is 105 Å². The van der Waals surface area contributed by atoms with E-state index < -0.39 is 30.4 Å². The summed E-state index contributed by atoms with van der Waals surface area (Å²) in [5.41, 5.74) is 4.40. The average Bonchev–Trinajstić information content (AvgIpc) is 3.43. The molecule has 2 amide bonds. The smallest absolute Gasteiger partial charge is 0.407 e. The molecular formula is C26H30N2O5. The van der Waals surface area contributed by atoms with Crippen molar-refractivity contribution in [3.63, 3.8) is 0 Å². The molecule has 174 valence electrons. The van der Waals surface area contributed by atoms with Crippen molar-refractivity contribution in [2.45, 2.75) is 50.5 Å². The minimum absolute atomic E-state index is 0.100. The van der Waals surface area contributed by atoms with E-state index in [9.17, 15) is 19.5 Å². The Bertz CT molecular complexity index is 970. The van der Waals surface area contributed by atoms with Gasteiger partial charge in [-0.1, -0.05) is 74.2 Å². The second-order valence-corrected chi connectivity index (χ2v) is 8.85. The molecule has 2 aliphatic rings. The zero-order chi connectivity index (χ0) is 23.2. The van der Waals surface area contributed by atoms with Gasteiger partial charge >= 0.3 is 12.1 Å². The van der Waals surface area contributed by atoms with E-state index >= 15 is 0 Å². The number of carboxylic acid groups (broad SMARTS) is 1. The number of carbonyl (C=O) groups excluding carboxylic acids is 2. The third-order valence-electron chi connectivity index (χ3n) is 6.66. The van der Waals surface area contributed by atoms with Crippen molar-refractivity contribution in [2.24, 2.45) is 5.92 Å². The third kappa shape index (κ3) is 5.53. The van der Waals surface area contributed by atoms with Gasteiger partial charge in [0.15, 0.2) is 0 Å². The number of carbonyl (C=O) groups is 3. The lowest BCUT2D eigenvalue weighted by Crippen LogP contribution is -2.48. The Balaban J connectivity index is 1.34. The Hall–Kier alpha value is -3.35. The zero-order valence-electron chi connectivity index (χ0n) is 18.6. The van der Waals surface area contributed by atoms with Crippen molar-refractivity contribution in [1.82, 2.24) is 10.6 Å². The lowest BCUT2D eigenvalue weighted by atomic mass is 9.98. The van der Waals surface area contributed by atoms with Gasteiger partial charge in [0, 0.05) is 12.5 Å². The molecule has 0 spiro atoms. The maximum atomic E-state index is 12.5. The van der Waals surface area contributed by atoms with E-state index in [1.54, 1.807) is 0 Å². The summed E-state index contributed by atoms with van der Waals surface area (Å²) in [6, 6.07) is 14.8. The first-order valence-electron chi connectivity index (χ1n) is 11.6. The molecule has 33 heavy (non-hydrogen) atoms. The molecule has 0 aliphatic heterocycles. The van der Waals surface area contributed by atoms with Crippen LogP contribution in [0.1, 0.15) is 55.6 Å². The number of nitrogens with one attached hydrogen (secondary N) is 2. The predicted octanol–water partition coefficient (Wildman–Crippen LogP) is 4.06. The largest absolute Gasteiger partial charge is 0.481 e. The first-order valence-corrected chi connectivity index (χ1v) is 11.6. The van der Waals surface area contributed by atoms with Crippen LogP contribution in [0.5, 0.6) is 0 Å². The van der Waals surface area contributed by atoms with E-state index in [4.69, 9.17) is 4.74 Å². The van der Waals surface area contributed by atoms with Gasteiger partial charge in [-0.05, 0) is 34.6 Å². The van der Waals surface area contributed by atoms with E-state index in [1.165, 1.54) is 25.7 Å². The number of carboxylic acids is 1. The third-order valence-corrected chi connectivity index (χ3v) is 6.66. The van der Waals surface area contributed by atoms with Crippen LogP contribution in [-0.2, 0) is 14.3 Å². The van der Waals surface area contributed by atoms with Crippen LogP contribution in [-0.4, -0.2) is 42.3 Å². The van der Waals surface area contributed by atoms with Crippen LogP contribution < -0.4 is 10.6 Å². The predicted molar refractivity (Wildman–Crippen MR) is 124 cm³/mol. The van der Waals surface area contributed by atoms with Gasteiger partial charge in [0.1, 0.15) is 12.6 Å². The summed E-state index contributed by atoms with van der Waals surface area (Å²) in [6.07, 6.45) is 4.37. The SMILES string of the molecule is O=C(O)CC(NC(=O)OCC1c2ccccc2-c2ccccc21)C(=O)NCCC1CCCC1. The van der Waals surface area contributed by atoms with Gasteiger partial charge in [-0.2, -0.15) is 0 Å². The molecule has 7 heteroatoms. The number of rotatable bonds is 9. The first kappa shape index (κ1) is 22.8. The Morgan fingerprint density at radius 2 is 1.58 bits per heavy atom. The molecule has 4 rings (SSSR count). The minimum atomic E-state index is -1.18. The van der Waals surface area contributed by atoms with Crippen molar-refractivity contribution in [3.05, 3.63) is 59.7 Å². The Kier molecular flexibility index (Phi) is 7.27. The fraction of sp³-hybridized carbons (Fsp3) is 0.423. The molecule has 1 fully saturated rings. The normalized spacial score (nSPS) is 16.0. The molecule has 0 bridgehead atoms. The lowest BCUT2D eigenvalue weighted by molar-refractivity contribution is -0.139. The lowest BCUT2D eigenvalue weighted by Gasteiger charge is -2.19. The van der Waals surface area contributed by atoms with Gasteiger partial charge in [0.25, 0.3) is 0 Å². The molecule has 1 unspecified atom stereocenters. The quantitative estimate of drug-likeness (QED) is 0.534. The van der Waals surface area contributed by atoms with Crippen LogP contribution in [0, 0.1) is 5.92 Å². The van der Waals surface area contributed by atoms with Crippen molar-refractivity contribution in [3.8, 4) is 11.1 Å². The van der Waals surface area contributed by atoms with Crippen molar-refractivity contribution < 1.29 is 24.2 Å². The highest BCUT2D eigenvalue weighted by Crippen LogP contribution is 2.44. The highest BCUT2D eigenvalue weighted by molar-refractivity contribution is 5.89. The van der Waals surface area contributed by atoms with Gasteiger partial charge < -0.3 is 20.5 Å². The standard InChI is InChI=1S/C26H30N2O5/c29-24(30)15-23(25(31)27-14-13-17-7-1-2-8-17)28-26(32)33-16-22-20-11-5-3-9-18(20)19-10-4-6-12-21(19)22/h3-6,9-12,17,22-23H,1-2,7-8,13-16H2,(H,27,31)(H,28,32)(H,29,30). The molecule has 0 aromatic heterocycles. The van der Waals surface area contributed by atoms with Crippen LogP contribution in [0.4, 0.5) is 4.79 Å². The molecule has 0 saturated heterocycles. The number of fused-ring (bicyclic) bond motifs is 3. The van der Waals surface area contributed by atoms with Crippen LogP contribution in [0.25, 0.3) is 11.1 Å². The van der Waals surface area contributed by atoms with Gasteiger partial charge in [-0.3, -0.25) is 9.59 Å². The summed E-state index contributed by atoms with van der Waals surface area (Å²) >= 11 is 0. The highest BCUT2D eigenvalue weighted by Gasteiger charge is 2.30. The number of ether oxygens (including phenoxy) is 1. The second kappa shape index (κ2) is 10.5. The summed E-state index contributed by atoms with van der Waals surface area (Å²) in [6.45, 7) is 0.578. The second-order valence-electron chi connectivity index (χ2n) is 8.85. The van der Waals surface area contributed by atoms with Gasteiger partial charge in [-0.25, -0.2) is 4.79 Å². The van der Waals surface area contributed by atoms with Gasteiger partial charge in [0.05, 0.1) is 6.42 Å². The number of benzene rings is 2. The average molecular weight is 451 g/mol. The van der Waals surface area contributed by atoms with Crippen LogP contribution in [0.3, 0.4) is 0 Å². The molecule has 3 N–H and O–H groups in total. The van der Waals surface area contributed by atoms with E-state index in [2.05, 4.69) is 10.6 Å². The summed E-state index contributed by atoms with van der Waals surface area (Å²) in [5, 5.41) is 14.4. The molecule has 1 saturated carbocycles. The molecule has 2 aromatic carbocycles. The molecular weight excluding hydrogens is 420 g/mol. The Labute approximate surface area is 193 Å². The van der Waals surface area contributed by atoms with Gasteiger partial charge in [0.2, 0.25) is 5.91 Å². The maximum absolute atomic E-state index is 12.5. The molecule has 2 aromatic rings. The number of hydrogen-bond acceptors (Lipinski definition) is 4. The Morgan fingerprint density at radius 3 is 2.18 bits per heavy atom. The van der Waals surface area contributed by atoms with E-state index in [0.29, 0.717) is 12.5 Å². The fourth-order valence-electron chi connectivity index (χ4n) is 4.99. The molecule has 2 aliphatic carbocycles. The van der Waals surface area contributed by atoms with Crippen LogP contribution in [0.2, 0.25) is 0 Å². The zero-order valence-corrected chi connectivity index (χ0v) is 18.6. The molecule has 7 nitrogen and oxygen atoms in total. The van der Waals surface area contributed by atoms with E-state index in [0.717, 1.165) is 28.7 Å². The van der Waals surface area contributed by atoms with Crippen LogP contribution >= 0.6 is 0 Å². The monoisotopic (exact) mass is 450 g/mol. The summed E-state index contributed by atoms with van der Waals surface area (Å²) in [5.74, 6) is -1.16. The number of amides is 2. The van der Waals surface area contributed by atoms with Crippen molar-refractivity contribution in [2.75, 3.05) is 13.2 Å². The minimum Gasteiger partial charge on any atom is -0.481 e. The maximum Gasteiger partial charge on any atom is 0.407 e. The van der Waals surface area contributed by atoms with Crippen molar-refractivity contribution >= 4 is 18.0 Å². The molecule has 1 atom stereocenters. The number of aliphatic carboxylic acids is 1. The van der Waals surface area contributed by atoms with E-state index in [1.807, 2.05) is 48.5 Å². The number of alkyl carbamates (subject to hydrolysis) is 1. The van der Waals surface area contributed by atoms with Crippen LogP contribution in [0.15, 0.2) is 48.5 Å². The van der Waals surface area contributed by atoms with Gasteiger partial charge in [-0.15, -0.1) is 0 Å². The summed E-state index contributed by atoms with van der Waals surface area (Å²) in [7, 11) is 0. The fourth-order valence-corrected chi connectivity index (χ4v) is 4.99. The Morgan fingerprint density at radius 1 is 0.970 bits per heavy atom. The van der Waals surface area contributed by atoms with E-state index in [-0.39, 0.29) is 12.5 Å². The highest BCUT2D eigenvalue weighted by atomic mass is 16.5. The van der Waals surface area contributed by atoms with Crippen molar-refractivity contribution in [1.29, 1.82) is 0 Å². The molecule has 0 heterocycles. The summed E-state index contributed by atoms with van der Waals surface area (Å²) in [4.78, 5) is 36.3. The molecule has 0 radical (unpaired) electrons.